The molecule has 0 unspecified atom stereocenters. The predicted molar refractivity (Wildman–Crippen MR) is 89.2 cm³/mol. The minimum atomic E-state index is 0. The number of fused-ring (bicyclic) bond motifs is 1. The Kier molecular flexibility index (Phi) is 7.60. The van der Waals surface area contributed by atoms with Crippen molar-refractivity contribution in [1.82, 2.24) is 10.2 Å². The van der Waals surface area contributed by atoms with E-state index >= 15 is 0 Å². The Morgan fingerprint density at radius 2 is 1.95 bits per heavy atom. The van der Waals surface area contributed by atoms with Crippen molar-refractivity contribution < 1.29 is 9.47 Å². The standard InChI is InChI=1S/C15H22N2O2.2ClH/c1-2-4-13(17-9-7-16-8-10-17)12-5-3-6-14-15(12)19-11-18-14;;/h3,5-6,13,16H,2,4,7-11H2,1H3;2*1H/t13-;;/m0../s1. The molecule has 2 heterocycles. The molecule has 0 saturated carbocycles. The molecule has 120 valence electrons. The van der Waals surface area contributed by atoms with Crippen molar-refractivity contribution >= 4 is 24.8 Å². The van der Waals surface area contributed by atoms with Crippen molar-refractivity contribution in [1.29, 1.82) is 0 Å². The summed E-state index contributed by atoms with van der Waals surface area (Å²) in [7, 11) is 0. The summed E-state index contributed by atoms with van der Waals surface area (Å²) >= 11 is 0. The van der Waals surface area contributed by atoms with Gasteiger partial charge < -0.3 is 14.8 Å². The third kappa shape index (κ3) is 3.95. The first kappa shape index (κ1) is 18.4. The molecule has 0 spiro atoms. The lowest BCUT2D eigenvalue weighted by atomic mass is 9.98. The van der Waals surface area contributed by atoms with Gasteiger partial charge in [-0.1, -0.05) is 25.5 Å². The molecular formula is C15H24Cl2N2O2. The molecule has 1 aromatic carbocycles. The topological polar surface area (TPSA) is 33.7 Å². The van der Waals surface area contributed by atoms with Gasteiger partial charge in [-0.25, -0.2) is 0 Å². The van der Waals surface area contributed by atoms with E-state index in [9.17, 15) is 0 Å². The highest BCUT2D eigenvalue weighted by Gasteiger charge is 2.27. The summed E-state index contributed by atoms with van der Waals surface area (Å²) in [6, 6.07) is 6.71. The molecule has 0 radical (unpaired) electrons. The summed E-state index contributed by atoms with van der Waals surface area (Å²) in [6.07, 6.45) is 2.35. The van der Waals surface area contributed by atoms with Crippen molar-refractivity contribution in [2.45, 2.75) is 25.8 Å². The highest BCUT2D eigenvalue weighted by Crippen LogP contribution is 2.41. The zero-order valence-corrected chi connectivity index (χ0v) is 14.0. The van der Waals surface area contributed by atoms with Gasteiger partial charge in [-0.15, -0.1) is 24.8 Å². The number of rotatable bonds is 4. The normalized spacial score (nSPS) is 18.5. The van der Waals surface area contributed by atoms with Gasteiger partial charge in [0.25, 0.3) is 0 Å². The minimum Gasteiger partial charge on any atom is -0.454 e. The largest absolute Gasteiger partial charge is 0.454 e. The van der Waals surface area contributed by atoms with Crippen molar-refractivity contribution in [2.75, 3.05) is 33.0 Å². The maximum Gasteiger partial charge on any atom is 0.231 e. The molecule has 1 aromatic rings. The lowest BCUT2D eigenvalue weighted by molar-refractivity contribution is 0.153. The Morgan fingerprint density at radius 1 is 1.19 bits per heavy atom. The van der Waals surface area contributed by atoms with Gasteiger partial charge in [0.05, 0.1) is 0 Å². The van der Waals surface area contributed by atoms with E-state index in [0.717, 1.165) is 37.7 Å². The maximum absolute atomic E-state index is 5.68. The fourth-order valence-electron chi connectivity index (χ4n) is 3.02. The lowest BCUT2D eigenvalue weighted by Gasteiger charge is -2.35. The van der Waals surface area contributed by atoms with Crippen LogP contribution in [-0.2, 0) is 0 Å². The van der Waals surface area contributed by atoms with Crippen LogP contribution >= 0.6 is 24.8 Å². The number of hydrogen-bond acceptors (Lipinski definition) is 4. The zero-order chi connectivity index (χ0) is 13.1. The molecule has 4 nitrogen and oxygen atoms in total. The monoisotopic (exact) mass is 334 g/mol. The molecule has 1 fully saturated rings. The molecule has 3 rings (SSSR count). The van der Waals surface area contributed by atoms with Crippen LogP contribution in [0.25, 0.3) is 0 Å². The van der Waals surface area contributed by atoms with Gasteiger partial charge in [0, 0.05) is 37.8 Å². The van der Waals surface area contributed by atoms with Crippen LogP contribution in [0.1, 0.15) is 31.4 Å². The van der Waals surface area contributed by atoms with E-state index in [2.05, 4.69) is 29.3 Å². The van der Waals surface area contributed by atoms with Crippen LogP contribution < -0.4 is 14.8 Å². The third-order valence-corrected chi connectivity index (χ3v) is 3.94. The number of nitrogens with one attached hydrogen (secondary N) is 1. The Labute approximate surface area is 139 Å². The van der Waals surface area contributed by atoms with Crippen molar-refractivity contribution in [3.8, 4) is 11.5 Å². The zero-order valence-electron chi connectivity index (χ0n) is 12.3. The number of benzene rings is 1. The molecule has 2 aliphatic heterocycles. The number of piperazine rings is 1. The van der Waals surface area contributed by atoms with E-state index in [1.807, 2.05) is 6.07 Å². The first-order chi connectivity index (χ1) is 9.40. The Morgan fingerprint density at radius 3 is 2.67 bits per heavy atom. The van der Waals surface area contributed by atoms with E-state index in [1.54, 1.807) is 0 Å². The molecule has 21 heavy (non-hydrogen) atoms. The van der Waals surface area contributed by atoms with Crippen molar-refractivity contribution in [3.63, 3.8) is 0 Å². The number of ether oxygens (including phenoxy) is 2. The number of nitrogens with zero attached hydrogens (tertiary/aromatic N) is 1. The van der Waals surface area contributed by atoms with Gasteiger partial charge in [0.2, 0.25) is 6.79 Å². The van der Waals surface area contributed by atoms with Crippen LogP contribution in [0, 0.1) is 0 Å². The van der Waals surface area contributed by atoms with Crippen LogP contribution in [0.15, 0.2) is 18.2 Å². The fraction of sp³-hybridized carbons (Fsp3) is 0.600. The first-order valence-corrected chi connectivity index (χ1v) is 7.23. The van der Waals surface area contributed by atoms with Crippen LogP contribution in [0.5, 0.6) is 11.5 Å². The number of halogens is 2. The fourth-order valence-corrected chi connectivity index (χ4v) is 3.02. The molecule has 2 aliphatic rings. The quantitative estimate of drug-likeness (QED) is 0.917. The van der Waals surface area contributed by atoms with E-state index in [0.29, 0.717) is 12.8 Å². The Bertz CT molecular complexity index is 440. The van der Waals surface area contributed by atoms with Gasteiger partial charge in [0.15, 0.2) is 11.5 Å². The van der Waals surface area contributed by atoms with E-state index in [4.69, 9.17) is 9.47 Å². The lowest BCUT2D eigenvalue weighted by Crippen LogP contribution is -2.45. The van der Waals surface area contributed by atoms with Gasteiger partial charge in [0.1, 0.15) is 0 Å². The second-order valence-corrected chi connectivity index (χ2v) is 5.17. The van der Waals surface area contributed by atoms with Gasteiger partial charge in [-0.2, -0.15) is 0 Å². The molecule has 0 amide bonds. The minimum absolute atomic E-state index is 0. The summed E-state index contributed by atoms with van der Waals surface area (Å²) in [6.45, 7) is 6.96. The Balaban J connectivity index is 0.00000110. The number of hydrogen-bond donors (Lipinski definition) is 1. The van der Waals surface area contributed by atoms with Crippen molar-refractivity contribution in [3.05, 3.63) is 23.8 Å². The molecule has 1 atom stereocenters. The van der Waals surface area contributed by atoms with Gasteiger partial charge in [-0.3, -0.25) is 4.90 Å². The Hall–Kier alpha value is -0.680. The van der Waals surface area contributed by atoms with Gasteiger partial charge in [-0.05, 0) is 12.5 Å². The third-order valence-electron chi connectivity index (χ3n) is 3.94. The van der Waals surface area contributed by atoms with E-state index < -0.39 is 0 Å². The molecular weight excluding hydrogens is 311 g/mol. The van der Waals surface area contributed by atoms with E-state index in [1.165, 1.54) is 18.4 Å². The summed E-state index contributed by atoms with van der Waals surface area (Å²) in [5, 5.41) is 3.42. The first-order valence-electron chi connectivity index (χ1n) is 7.23. The highest BCUT2D eigenvalue weighted by molar-refractivity contribution is 5.85. The summed E-state index contributed by atoms with van der Waals surface area (Å²) in [4.78, 5) is 2.57. The second kappa shape index (κ2) is 8.69. The van der Waals surface area contributed by atoms with E-state index in [-0.39, 0.29) is 24.8 Å². The van der Waals surface area contributed by atoms with Crippen LogP contribution in [0.3, 0.4) is 0 Å². The molecule has 0 aromatic heterocycles. The average Bonchev–Trinajstić information content (AvgIpc) is 2.94. The smallest absolute Gasteiger partial charge is 0.231 e. The molecule has 1 saturated heterocycles. The average molecular weight is 335 g/mol. The second-order valence-electron chi connectivity index (χ2n) is 5.17. The van der Waals surface area contributed by atoms with Gasteiger partial charge >= 0.3 is 0 Å². The molecule has 6 heteroatoms. The molecule has 1 N–H and O–H groups in total. The summed E-state index contributed by atoms with van der Waals surface area (Å²) in [5.74, 6) is 1.85. The summed E-state index contributed by atoms with van der Waals surface area (Å²) in [5.41, 5.74) is 1.29. The number of para-hydroxylation sites is 1. The van der Waals surface area contributed by atoms with Crippen LogP contribution in [-0.4, -0.2) is 37.9 Å². The van der Waals surface area contributed by atoms with Crippen molar-refractivity contribution in [2.24, 2.45) is 0 Å². The highest BCUT2D eigenvalue weighted by atomic mass is 35.5. The maximum atomic E-state index is 5.68. The molecule has 0 bridgehead atoms. The summed E-state index contributed by atoms with van der Waals surface area (Å²) < 4.78 is 11.2. The predicted octanol–water partition coefficient (Wildman–Crippen LogP) is 3.01. The molecule has 0 aliphatic carbocycles. The SMILES string of the molecule is CCC[C@@H](c1cccc2c1OCO2)N1CCNCC1.Cl.Cl. The van der Waals surface area contributed by atoms with Crippen LogP contribution in [0.4, 0.5) is 0 Å². The van der Waals surface area contributed by atoms with Crippen LogP contribution in [0.2, 0.25) is 0 Å².